The lowest BCUT2D eigenvalue weighted by Crippen LogP contribution is -2.12. The molecule has 3 aromatic carbocycles. The molecule has 5 nitrogen and oxygen atoms in total. The highest BCUT2D eigenvalue weighted by atomic mass is 19.1. The summed E-state index contributed by atoms with van der Waals surface area (Å²) in [5, 5.41) is 10.7. The van der Waals surface area contributed by atoms with Crippen molar-refractivity contribution in [2.75, 3.05) is 0 Å². The lowest BCUT2D eigenvalue weighted by Gasteiger charge is -2.18. The van der Waals surface area contributed by atoms with Gasteiger partial charge in [-0.3, -0.25) is 10.1 Å². The second kappa shape index (κ2) is 8.10. The van der Waals surface area contributed by atoms with Crippen molar-refractivity contribution >= 4 is 11.7 Å². The minimum Gasteiger partial charge on any atom is -0.423 e. The Balaban J connectivity index is 1.52. The van der Waals surface area contributed by atoms with Gasteiger partial charge in [-0.2, -0.15) is 0 Å². The number of benzene rings is 3. The summed E-state index contributed by atoms with van der Waals surface area (Å²) in [6, 6.07) is 17.5. The standard InChI is InChI=1S/C24H17F2NO4/c25-19-6-1-16(2-7-19)24(17-3-8-20(26)9-4-17)15-18(24)5-14-23(28)31-22-12-10-21(11-13-22)27(29)30/h1-14,18H,15H2/b14-5+/t18-/m0/s1. The molecule has 31 heavy (non-hydrogen) atoms. The number of rotatable bonds is 6. The van der Waals surface area contributed by atoms with Crippen LogP contribution in [0.4, 0.5) is 14.5 Å². The van der Waals surface area contributed by atoms with E-state index < -0.39 is 16.3 Å². The molecule has 0 heterocycles. The summed E-state index contributed by atoms with van der Waals surface area (Å²) in [5.41, 5.74) is 1.17. The number of non-ortho nitro benzene ring substituents is 1. The van der Waals surface area contributed by atoms with E-state index >= 15 is 0 Å². The number of nitro benzene ring substituents is 1. The number of allylic oxidation sites excluding steroid dienone is 1. The molecule has 7 heteroatoms. The molecule has 1 saturated carbocycles. The fourth-order valence-corrected chi connectivity index (χ4v) is 3.83. The molecule has 1 aliphatic carbocycles. The number of nitro groups is 1. The number of carbonyl (C=O) groups excluding carboxylic acids is 1. The summed E-state index contributed by atoms with van der Waals surface area (Å²) in [7, 11) is 0. The van der Waals surface area contributed by atoms with Crippen LogP contribution in [0, 0.1) is 27.7 Å². The Hall–Kier alpha value is -3.87. The molecule has 1 fully saturated rings. The predicted octanol–water partition coefficient (Wildman–Crippen LogP) is 5.34. The van der Waals surface area contributed by atoms with E-state index in [-0.39, 0.29) is 29.0 Å². The maximum Gasteiger partial charge on any atom is 0.335 e. The van der Waals surface area contributed by atoms with E-state index in [1.165, 1.54) is 54.6 Å². The lowest BCUT2D eigenvalue weighted by molar-refractivity contribution is -0.384. The fourth-order valence-electron chi connectivity index (χ4n) is 3.83. The molecular weight excluding hydrogens is 404 g/mol. The van der Waals surface area contributed by atoms with Gasteiger partial charge in [-0.25, -0.2) is 13.6 Å². The Labute approximate surface area is 176 Å². The maximum atomic E-state index is 13.4. The minimum absolute atomic E-state index is 0.0622. The van der Waals surface area contributed by atoms with Gasteiger partial charge in [-0.05, 0) is 59.9 Å². The number of hydrogen-bond donors (Lipinski definition) is 0. The molecule has 0 unspecified atom stereocenters. The van der Waals surface area contributed by atoms with Crippen LogP contribution in [0.5, 0.6) is 5.75 Å². The molecule has 0 amide bonds. The van der Waals surface area contributed by atoms with Crippen LogP contribution in [0.1, 0.15) is 17.5 Å². The number of ether oxygens (including phenoxy) is 1. The average molecular weight is 421 g/mol. The van der Waals surface area contributed by atoms with Crippen LogP contribution < -0.4 is 4.74 Å². The minimum atomic E-state index is -0.618. The number of nitrogens with zero attached hydrogens (tertiary/aromatic N) is 1. The largest absolute Gasteiger partial charge is 0.423 e. The Morgan fingerprint density at radius 2 is 1.45 bits per heavy atom. The highest BCUT2D eigenvalue weighted by Crippen LogP contribution is 2.59. The van der Waals surface area contributed by atoms with Gasteiger partial charge in [0.15, 0.2) is 0 Å². The predicted molar refractivity (Wildman–Crippen MR) is 110 cm³/mol. The van der Waals surface area contributed by atoms with Gasteiger partial charge in [0, 0.05) is 23.6 Å². The molecule has 1 aliphatic rings. The van der Waals surface area contributed by atoms with E-state index in [1.807, 2.05) is 0 Å². The summed E-state index contributed by atoms with van der Waals surface area (Å²) in [6.45, 7) is 0. The summed E-state index contributed by atoms with van der Waals surface area (Å²) in [5.74, 6) is -1.19. The zero-order chi connectivity index (χ0) is 22.0. The summed E-state index contributed by atoms with van der Waals surface area (Å²) >= 11 is 0. The first-order valence-corrected chi connectivity index (χ1v) is 9.55. The molecule has 0 aromatic heterocycles. The van der Waals surface area contributed by atoms with Gasteiger partial charge in [0.1, 0.15) is 17.4 Å². The van der Waals surface area contributed by atoms with Crippen LogP contribution >= 0.6 is 0 Å². The Morgan fingerprint density at radius 3 is 1.94 bits per heavy atom. The Bertz CT molecular complexity index is 1090. The van der Waals surface area contributed by atoms with Gasteiger partial charge in [0.2, 0.25) is 0 Å². The third-order valence-electron chi connectivity index (χ3n) is 5.46. The lowest BCUT2D eigenvalue weighted by atomic mass is 9.85. The molecule has 1 atom stereocenters. The molecule has 0 bridgehead atoms. The second-order valence-corrected chi connectivity index (χ2v) is 7.33. The summed E-state index contributed by atoms with van der Waals surface area (Å²) in [4.78, 5) is 22.4. The normalized spacial score (nSPS) is 16.8. The van der Waals surface area contributed by atoms with Gasteiger partial charge in [-0.15, -0.1) is 0 Å². The number of halogens is 2. The van der Waals surface area contributed by atoms with Crippen molar-refractivity contribution in [1.82, 2.24) is 0 Å². The van der Waals surface area contributed by atoms with Crippen molar-refractivity contribution in [2.24, 2.45) is 5.92 Å². The number of hydrogen-bond acceptors (Lipinski definition) is 4. The molecular formula is C24H17F2NO4. The first-order valence-electron chi connectivity index (χ1n) is 9.55. The first-order chi connectivity index (χ1) is 14.9. The van der Waals surface area contributed by atoms with Crippen molar-refractivity contribution < 1.29 is 23.2 Å². The van der Waals surface area contributed by atoms with Crippen LogP contribution in [0.3, 0.4) is 0 Å². The molecule has 0 N–H and O–H groups in total. The van der Waals surface area contributed by atoms with E-state index in [9.17, 15) is 23.7 Å². The fraction of sp³-hybridized carbons (Fsp3) is 0.125. The van der Waals surface area contributed by atoms with Gasteiger partial charge in [0.05, 0.1) is 4.92 Å². The van der Waals surface area contributed by atoms with Crippen molar-refractivity contribution in [3.05, 3.63) is 118 Å². The van der Waals surface area contributed by atoms with E-state index in [1.54, 1.807) is 30.3 Å². The number of carbonyl (C=O) groups is 1. The Kier molecular flexibility index (Phi) is 5.33. The smallest absolute Gasteiger partial charge is 0.335 e. The van der Waals surface area contributed by atoms with E-state index in [4.69, 9.17) is 4.74 Å². The third kappa shape index (κ3) is 4.21. The van der Waals surface area contributed by atoms with Crippen LogP contribution in [0.2, 0.25) is 0 Å². The average Bonchev–Trinajstić information content (AvgIpc) is 3.49. The van der Waals surface area contributed by atoms with E-state index in [0.717, 1.165) is 11.1 Å². The zero-order valence-corrected chi connectivity index (χ0v) is 16.2. The van der Waals surface area contributed by atoms with Crippen molar-refractivity contribution in [1.29, 1.82) is 0 Å². The topological polar surface area (TPSA) is 69.4 Å². The number of esters is 1. The van der Waals surface area contributed by atoms with Crippen molar-refractivity contribution in [3.8, 4) is 5.75 Å². The van der Waals surface area contributed by atoms with E-state index in [0.29, 0.717) is 6.42 Å². The second-order valence-electron chi connectivity index (χ2n) is 7.33. The van der Waals surface area contributed by atoms with Gasteiger partial charge in [-0.1, -0.05) is 30.3 Å². The third-order valence-corrected chi connectivity index (χ3v) is 5.46. The quantitative estimate of drug-likeness (QED) is 0.177. The van der Waals surface area contributed by atoms with Crippen LogP contribution in [0.25, 0.3) is 0 Å². The molecule has 3 aromatic rings. The van der Waals surface area contributed by atoms with Gasteiger partial charge in [0.25, 0.3) is 5.69 Å². The first kappa shape index (κ1) is 20.4. The van der Waals surface area contributed by atoms with Gasteiger partial charge >= 0.3 is 5.97 Å². The molecule has 0 saturated heterocycles. The maximum absolute atomic E-state index is 13.4. The van der Waals surface area contributed by atoms with Crippen molar-refractivity contribution in [3.63, 3.8) is 0 Å². The van der Waals surface area contributed by atoms with Crippen LogP contribution in [-0.4, -0.2) is 10.9 Å². The Morgan fingerprint density at radius 1 is 0.935 bits per heavy atom. The van der Waals surface area contributed by atoms with E-state index in [2.05, 4.69) is 0 Å². The summed E-state index contributed by atoms with van der Waals surface area (Å²) in [6.07, 6.45) is 3.70. The molecule has 4 rings (SSSR count). The highest BCUT2D eigenvalue weighted by molar-refractivity contribution is 5.84. The van der Waals surface area contributed by atoms with Gasteiger partial charge < -0.3 is 4.74 Å². The van der Waals surface area contributed by atoms with Crippen LogP contribution in [0.15, 0.2) is 84.9 Å². The molecule has 156 valence electrons. The summed E-state index contributed by atoms with van der Waals surface area (Å²) < 4.78 is 32.0. The molecule has 0 radical (unpaired) electrons. The van der Waals surface area contributed by atoms with Crippen molar-refractivity contribution in [2.45, 2.75) is 11.8 Å². The monoisotopic (exact) mass is 421 g/mol. The van der Waals surface area contributed by atoms with Crippen LogP contribution in [-0.2, 0) is 10.2 Å². The molecule has 0 aliphatic heterocycles. The zero-order valence-electron chi connectivity index (χ0n) is 16.2. The molecule has 0 spiro atoms. The highest BCUT2D eigenvalue weighted by Gasteiger charge is 2.55. The SMILES string of the molecule is O=C(/C=C/[C@H]1CC1(c1ccc(F)cc1)c1ccc(F)cc1)Oc1ccc([N+](=O)[O-])cc1.